The molecule has 3 aromatic carbocycles. The van der Waals surface area contributed by atoms with Gasteiger partial charge in [-0.05, 0) is 41.1 Å². The average Bonchev–Trinajstić information content (AvgIpc) is 2.65. The van der Waals surface area contributed by atoms with Crippen molar-refractivity contribution in [3.8, 4) is 18.1 Å². The first kappa shape index (κ1) is 16.2. The zero-order chi connectivity index (χ0) is 17.6. The van der Waals surface area contributed by atoms with Gasteiger partial charge in [-0.2, -0.15) is 0 Å². The molecule has 0 atom stereocenters. The second-order valence-electron chi connectivity index (χ2n) is 5.25. The molecule has 0 saturated carbocycles. The monoisotopic (exact) mass is 330 g/mol. The number of benzene rings is 3. The van der Waals surface area contributed by atoms with E-state index in [-0.39, 0.29) is 12.3 Å². The molecule has 3 rings (SSSR count). The summed E-state index contributed by atoms with van der Waals surface area (Å²) in [5, 5.41) is 12.7. The summed E-state index contributed by atoms with van der Waals surface area (Å²) in [6, 6.07) is 17.7. The molecule has 0 bridgehead atoms. The van der Waals surface area contributed by atoms with Crippen molar-refractivity contribution in [3.05, 3.63) is 76.3 Å². The van der Waals surface area contributed by atoms with Crippen molar-refractivity contribution >= 4 is 28.4 Å². The molecule has 25 heavy (non-hydrogen) atoms. The number of hydrogen-bond acceptors (Lipinski definition) is 4. The number of nitro benzene ring substituents is 1. The van der Waals surface area contributed by atoms with Crippen LogP contribution in [0.1, 0.15) is 5.56 Å². The third-order valence-electron chi connectivity index (χ3n) is 3.62. The smallest absolute Gasteiger partial charge is 0.270 e. The molecule has 0 heterocycles. The Hall–Kier alpha value is -3.65. The average molecular weight is 330 g/mol. The van der Waals surface area contributed by atoms with Crippen LogP contribution in [0.3, 0.4) is 0 Å². The van der Waals surface area contributed by atoms with E-state index in [9.17, 15) is 10.1 Å². The fraction of sp³-hybridized carbons (Fsp3) is 0.0500. The quantitative estimate of drug-likeness (QED) is 0.299. The Balaban J connectivity index is 1.89. The summed E-state index contributed by atoms with van der Waals surface area (Å²) in [7, 11) is 0. The van der Waals surface area contributed by atoms with Gasteiger partial charge in [0.2, 0.25) is 0 Å². The van der Waals surface area contributed by atoms with Crippen LogP contribution in [0.15, 0.2) is 65.7 Å². The Kier molecular flexibility index (Phi) is 4.72. The van der Waals surface area contributed by atoms with Gasteiger partial charge < -0.3 is 4.74 Å². The number of fused-ring (bicyclic) bond motifs is 1. The van der Waals surface area contributed by atoms with E-state index >= 15 is 0 Å². The fourth-order valence-electron chi connectivity index (χ4n) is 2.41. The molecular formula is C20H14N2O3. The second kappa shape index (κ2) is 7.28. The Bertz CT molecular complexity index is 986. The van der Waals surface area contributed by atoms with Crippen molar-refractivity contribution < 1.29 is 9.66 Å². The van der Waals surface area contributed by atoms with Crippen LogP contribution in [-0.4, -0.2) is 17.7 Å². The molecule has 0 spiro atoms. The highest BCUT2D eigenvalue weighted by Crippen LogP contribution is 2.24. The number of non-ortho nitro benzene ring substituents is 1. The van der Waals surface area contributed by atoms with E-state index in [1.165, 1.54) is 6.07 Å². The molecule has 0 N–H and O–H groups in total. The third-order valence-corrected chi connectivity index (χ3v) is 3.62. The van der Waals surface area contributed by atoms with Crippen LogP contribution in [0.25, 0.3) is 10.8 Å². The number of rotatable bonds is 5. The van der Waals surface area contributed by atoms with Gasteiger partial charge in [-0.3, -0.25) is 15.1 Å². The van der Waals surface area contributed by atoms with Gasteiger partial charge in [0.05, 0.1) is 10.6 Å². The number of hydrogen-bond donors (Lipinski definition) is 0. The SMILES string of the molecule is C#CCOc1ccc(/N=C/c2cccc3ccc([N+](=O)[O-])cc23)cc1. The molecule has 0 amide bonds. The third kappa shape index (κ3) is 3.82. The van der Waals surface area contributed by atoms with E-state index in [1.807, 2.05) is 30.3 Å². The van der Waals surface area contributed by atoms with Crippen LogP contribution < -0.4 is 4.74 Å². The maximum absolute atomic E-state index is 11.0. The van der Waals surface area contributed by atoms with Gasteiger partial charge in [0, 0.05) is 23.9 Å². The maximum atomic E-state index is 11.0. The topological polar surface area (TPSA) is 64.7 Å². The van der Waals surface area contributed by atoms with Gasteiger partial charge in [0.15, 0.2) is 0 Å². The fourth-order valence-corrected chi connectivity index (χ4v) is 2.41. The van der Waals surface area contributed by atoms with Gasteiger partial charge >= 0.3 is 0 Å². The highest BCUT2D eigenvalue weighted by Gasteiger charge is 2.07. The van der Waals surface area contributed by atoms with Crippen LogP contribution in [-0.2, 0) is 0 Å². The Morgan fingerprint density at radius 1 is 1.16 bits per heavy atom. The molecule has 0 saturated heterocycles. The molecule has 5 nitrogen and oxygen atoms in total. The first-order valence-corrected chi connectivity index (χ1v) is 7.55. The van der Waals surface area contributed by atoms with Gasteiger partial charge in [-0.1, -0.05) is 24.1 Å². The van der Waals surface area contributed by atoms with Crippen molar-refractivity contribution in [3.63, 3.8) is 0 Å². The first-order valence-electron chi connectivity index (χ1n) is 7.55. The highest BCUT2D eigenvalue weighted by atomic mass is 16.6. The number of terminal acetylenes is 1. The summed E-state index contributed by atoms with van der Waals surface area (Å²) in [6.45, 7) is 0.220. The number of aliphatic imine (C=N–C) groups is 1. The molecule has 0 aromatic heterocycles. The molecule has 122 valence electrons. The van der Waals surface area contributed by atoms with Crippen LogP contribution in [0, 0.1) is 22.5 Å². The summed E-state index contributed by atoms with van der Waals surface area (Å²) in [5.41, 5.74) is 1.62. The van der Waals surface area contributed by atoms with Crippen molar-refractivity contribution in [1.82, 2.24) is 0 Å². The molecule has 0 aliphatic carbocycles. The Morgan fingerprint density at radius 2 is 1.96 bits per heavy atom. The number of nitro groups is 1. The minimum atomic E-state index is -0.401. The number of nitrogens with zero attached hydrogens (tertiary/aromatic N) is 2. The first-order chi connectivity index (χ1) is 12.2. The summed E-state index contributed by atoms with van der Waals surface area (Å²) in [4.78, 5) is 15.0. The summed E-state index contributed by atoms with van der Waals surface area (Å²) in [5.74, 6) is 3.09. The summed E-state index contributed by atoms with van der Waals surface area (Å²) < 4.78 is 5.31. The van der Waals surface area contributed by atoms with Crippen LogP contribution in [0.2, 0.25) is 0 Å². The molecule has 0 radical (unpaired) electrons. The van der Waals surface area contributed by atoms with Gasteiger partial charge in [0.25, 0.3) is 5.69 Å². The zero-order valence-electron chi connectivity index (χ0n) is 13.3. The molecule has 0 aliphatic rings. The highest BCUT2D eigenvalue weighted by molar-refractivity contribution is 6.01. The molecule has 0 aliphatic heterocycles. The van der Waals surface area contributed by atoms with Crippen LogP contribution >= 0.6 is 0 Å². The van der Waals surface area contributed by atoms with E-state index in [4.69, 9.17) is 11.2 Å². The van der Waals surface area contributed by atoms with E-state index in [0.717, 1.165) is 22.0 Å². The lowest BCUT2D eigenvalue weighted by atomic mass is 10.0. The second-order valence-corrected chi connectivity index (χ2v) is 5.25. The van der Waals surface area contributed by atoms with Crippen LogP contribution in [0.5, 0.6) is 5.75 Å². The largest absolute Gasteiger partial charge is 0.481 e. The Labute approximate surface area is 144 Å². The van der Waals surface area contributed by atoms with Crippen LogP contribution in [0.4, 0.5) is 11.4 Å². The van der Waals surface area contributed by atoms with Gasteiger partial charge in [-0.15, -0.1) is 6.42 Å². The maximum Gasteiger partial charge on any atom is 0.270 e. The number of ether oxygens (including phenoxy) is 1. The van der Waals surface area contributed by atoms with Crippen molar-refractivity contribution in [1.29, 1.82) is 0 Å². The van der Waals surface area contributed by atoms with E-state index in [0.29, 0.717) is 5.75 Å². The van der Waals surface area contributed by atoms with Gasteiger partial charge in [-0.25, -0.2) is 0 Å². The molecular weight excluding hydrogens is 316 g/mol. The van der Waals surface area contributed by atoms with Crippen molar-refractivity contribution in [2.24, 2.45) is 4.99 Å². The van der Waals surface area contributed by atoms with E-state index in [1.54, 1.807) is 30.5 Å². The van der Waals surface area contributed by atoms with Crippen molar-refractivity contribution in [2.75, 3.05) is 6.61 Å². The lowest BCUT2D eigenvalue weighted by Crippen LogP contribution is -1.92. The predicted molar refractivity (Wildman–Crippen MR) is 98.6 cm³/mol. The predicted octanol–water partition coefficient (Wildman–Crippen LogP) is 4.51. The molecule has 0 unspecified atom stereocenters. The minimum absolute atomic E-state index is 0.0587. The normalized spacial score (nSPS) is 10.7. The zero-order valence-corrected chi connectivity index (χ0v) is 13.3. The van der Waals surface area contributed by atoms with Crippen molar-refractivity contribution in [2.45, 2.75) is 0 Å². The lowest BCUT2D eigenvalue weighted by Gasteiger charge is -2.03. The molecule has 3 aromatic rings. The lowest BCUT2D eigenvalue weighted by molar-refractivity contribution is -0.384. The standard InChI is InChI=1S/C20H14N2O3/c1-2-12-25-19-10-7-17(8-11-19)21-14-16-5-3-4-15-6-9-18(22(23)24)13-20(15)16/h1,3-11,13-14H,12H2/b21-14+. The molecule has 0 fully saturated rings. The van der Waals surface area contributed by atoms with E-state index < -0.39 is 4.92 Å². The van der Waals surface area contributed by atoms with Gasteiger partial charge in [0.1, 0.15) is 12.4 Å². The summed E-state index contributed by atoms with van der Waals surface area (Å²) >= 11 is 0. The minimum Gasteiger partial charge on any atom is -0.481 e. The summed E-state index contributed by atoms with van der Waals surface area (Å²) in [6.07, 6.45) is 6.85. The molecule has 5 heteroatoms. The van der Waals surface area contributed by atoms with E-state index in [2.05, 4.69) is 10.9 Å². The Morgan fingerprint density at radius 3 is 2.68 bits per heavy atom.